The van der Waals surface area contributed by atoms with Crippen LogP contribution in [0.25, 0.3) is 0 Å². The van der Waals surface area contributed by atoms with Crippen molar-refractivity contribution in [3.63, 3.8) is 0 Å². The first-order valence-electron chi connectivity index (χ1n) is 6.01. The molecule has 0 saturated heterocycles. The number of aryl methyl sites for hydroxylation is 2. The van der Waals surface area contributed by atoms with Gasteiger partial charge in [-0.2, -0.15) is 5.10 Å². The molecule has 15 heavy (non-hydrogen) atoms. The fourth-order valence-electron chi connectivity index (χ4n) is 1.63. The molecular formula is C12H23N3. The first-order chi connectivity index (χ1) is 7.27. The molecule has 1 rings (SSSR count). The van der Waals surface area contributed by atoms with Gasteiger partial charge in [0.05, 0.1) is 5.69 Å². The smallest absolute Gasteiger partial charge is 0.0638 e. The summed E-state index contributed by atoms with van der Waals surface area (Å²) < 4.78 is 2.08. The Balaban J connectivity index is 2.45. The number of hydrogen-bond acceptors (Lipinski definition) is 2. The molecule has 3 heteroatoms. The highest BCUT2D eigenvalue weighted by molar-refractivity contribution is 5.14. The van der Waals surface area contributed by atoms with Crippen molar-refractivity contribution >= 4 is 0 Å². The minimum absolute atomic E-state index is 0.941. The van der Waals surface area contributed by atoms with E-state index in [0.717, 1.165) is 25.3 Å². The van der Waals surface area contributed by atoms with E-state index in [1.165, 1.54) is 24.8 Å². The predicted octanol–water partition coefficient (Wildman–Crippen LogP) is 2.49. The van der Waals surface area contributed by atoms with Crippen LogP contribution in [0.15, 0.2) is 6.20 Å². The first-order valence-corrected chi connectivity index (χ1v) is 6.01. The van der Waals surface area contributed by atoms with Crippen molar-refractivity contribution in [1.29, 1.82) is 0 Å². The van der Waals surface area contributed by atoms with Crippen LogP contribution in [-0.4, -0.2) is 16.3 Å². The Morgan fingerprint density at radius 1 is 1.33 bits per heavy atom. The van der Waals surface area contributed by atoms with Crippen LogP contribution in [0.2, 0.25) is 0 Å². The van der Waals surface area contributed by atoms with Crippen LogP contribution in [0, 0.1) is 6.92 Å². The van der Waals surface area contributed by atoms with E-state index in [2.05, 4.69) is 42.1 Å². The van der Waals surface area contributed by atoms with Gasteiger partial charge in [-0.15, -0.1) is 0 Å². The van der Waals surface area contributed by atoms with E-state index in [4.69, 9.17) is 0 Å². The minimum Gasteiger partial charge on any atom is -0.313 e. The van der Waals surface area contributed by atoms with Gasteiger partial charge in [-0.25, -0.2) is 0 Å². The third-order valence-electron chi connectivity index (χ3n) is 2.60. The van der Waals surface area contributed by atoms with Gasteiger partial charge >= 0.3 is 0 Å². The standard InChI is InChI=1S/C12H23N3/c1-4-6-7-8-15-10-12(9-13-5-2)11(3)14-15/h10,13H,4-9H2,1-3H3. The molecule has 1 N–H and O–H groups in total. The monoisotopic (exact) mass is 209 g/mol. The largest absolute Gasteiger partial charge is 0.313 e. The molecule has 0 spiro atoms. The van der Waals surface area contributed by atoms with Gasteiger partial charge in [-0.1, -0.05) is 26.7 Å². The van der Waals surface area contributed by atoms with Gasteiger partial charge in [0.25, 0.3) is 0 Å². The molecule has 86 valence electrons. The van der Waals surface area contributed by atoms with E-state index in [1.54, 1.807) is 0 Å². The summed E-state index contributed by atoms with van der Waals surface area (Å²) in [4.78, 5) is 0. The molecule has 0 unspecified atom stereocenters. The summed E-state index contributed by atoms with van der Waals surface area (Å²) in [5.74, 6) is 0. The second-order valence-electron chi connectivity index (χ2n) is 3.99. The summed E-state index contributed by atoms with van der Waals surface area (Å²) in [6, 6.07) is 0. The fourth-order valence-corrected chi connectivity index (χ4v) is 1.63. The number of unbranched alkanes of at least 4 members (excludes halogenated alkanes) is 2. The summed E-state index contributed by atoms with van der Waals surface area (Å²) in [6.45, 7) is 9.45. The molecule has 0 aromatic carbocycles. The Kier molecular flexibility index (Phi) is 5.40. The molecule has 0 amide bonds. The van der Waals surface area contributed by atoms with E-state index in [1.807, 2.05) is 0 Å². The zero-order chi connectivity index (χ0) is 11.1. The Hall–Kier alpha value is -0.830. The molecule has 1 heterocycles. The van der Waals surface area contributed by atoms with Crippen LogP contribution in [-0.2, 0) is 13.1 Å². The first kappa shape index (κ1) is 12.2. The van der Waals surface area contributed by atoms with E-state index in [-0.39, 0.29) is 0 Å². The Labute approximate surface area is 92.9 Å². The third kappa shape index (κ3) is 4.04. The molecule has 0 fully saturated rings. The molecule has 1 aromatic heterocycles. The maximum atomic E-state index is 4.51. The molecule has 1 aromatic rings. The Bertz CT molecular complexity index is 278. The lowest BCUT2D eigenvalue weighted by atomic mass is 10.2. The fraction of sp³-hybridized carbons (Fsp3) is 0.750. The number of nitrogens with one attached hydrogen (secondary N) is 1. The molecule has 0 aliphatic rings. The number of nitrogens with zero attached hydrogens (tertiary/aromatic N) is 2. The average molecular weight is 209 g/mol. The van der Waals surface area contributed by atoms with Gasteiger partial charge < -0.3 is 5.32 Å². The van der Waals surface area contributed by atoms with Gasteiger partial charge in [0.1, 0.15) is 0 Å². The predicted molar refractivity (Wildman–Crippen MR) is 63.9 cm³/mol. The van der Waals surface area contributed by atoms with Crippen molar-refractivity contribution in [3.05, 3.63) is 17.5 Å². The van der Waals surface area contributed by atoms with Gasteiger partial charge in [-0.05, 0) is 19.9 Å². The molecule has 3 nitrogen and oxygen atoms in total. The molecule has 0 saturated carbocycles. The lowest BCUT2D eigenvalue weighted by Crippen LogP contribution is -2.11. The SMILES string of the molecule is CCCCCn1cc(CNCC)c(C)n1. The maximum absolute atomic E-state index is 4.51. The van der Waals surface area contributed by atoms with Gasteiger partial charge in [0.15, 0.2) is 0 Å². The lowest BCUT2D eigenvalue weighted by molar-refractivity contribution is 0.550. The van der Waals surface area contributed by atoms with Crippen molar-refractivity contribution < 1.29 is 0 Å². The molecular weight excluding hydrogens is 186 g/mol. The van der Waals surface area contributed by atoms with Crippen molar-refractivity contribution in [2.24, 2.45) is 0 Å². The summed E-state index contributed by atoms with van der Waals surface area (Å²) >= 11 is 0. The summed E-state index contributed by atoms with van der Waals surface area (Å²) in [6.07, 6.45) is 5.97. The van der Waals surface area contributed by atoms with E-state index >= 15 is 0 Å². The molecule has 0 aliphatic carbocycles. The van der Waals surface area contributed by atoms with E-state index < -0.39 is 0 Å². The molecule has 0 atom stereocenters. The molecule has 0 radical (unpaired) electrons. The van der Waals surface area contributed by atoms with Crippen LogP contribution < -0.4 is 5.32 Å². The topological polar surface area (TPSA) is 29.9 Å². The van der Waals surface area contributed by atoms with Crippen molar-refractivity contribution in [3.8, 4) is 0 Å². The molecule has 0 aliphatic heterocycles. The van der Waals surface area contributed by atoms with Crippen molar-refractivity contribution in [2.45, 2.75) is 53.1 Å². The summed E-state index contributed by atoms with van der Waals surface area (Å²) in [5.41, 5.74) is 2.49. The van der Waals surface area contributed by atoms with E-state index in [0.29, 0.717) is 0 Å². The minimum atomic E-state index is 0.941. The average Bonchev–Trinajstić information content (AvgIpc) is 2.57. The van der Waals surface area contributed by atoms with Crippen LogP contribution >= 0.6 is 0 Å². The van der Waals surface area contributed by atoms with Crippen molar-refractivity contribution in [1.82, 2.24) is 15.1 Å². The number of rotatable bonds is 7. The summed E-state index contributed by atoms with van der Waals surface area (Å²) in [7, 11) is 0. The number of hydrogen-bond donors (Lipinski definition) is 1. The second-order valence-corrected chi connectivity index (χ2v) is 3.99. The highest BCUT2D eigenvalue weighted by atomic mass is 15.3. The van der Waals surface area contributed by atoms with E-state index in [9.17, 15) is 0 Å². The Morgan fingerprint density at radius 3 is 2.80 bits per heavy atom. The third-order valence-corrected chi connectivity index (χ3v) is 2.60. The normalized spacial score (nSPS) is 10.9. The number of aromatic nitrogens is 2. The lowest BCUT2D eigenvalue weighted by Gasteiger charge is -1.99. The summed E-state index contributed by atoms with van der Waals surface area (Å²) in [5, 5.41) is 7.84. The van der Waals surface area contributed by atoms with Crippen LogP contribution in [0.3, 0.4) is 0 Å². The molecule has 0 bridgehead atoms. The highest BCUT2D eigenvalue weighted by Crippen LogP contribution is 2.06. The highest BCUT2D eigenvalue weighted by Gasteiger charge is 2.03. The van der Waals surface area contributed by atoms with Crippen LogP contribution in [0.4, 0.5) is 0 Å². The Morgan fingerprint density at radius 2 is 2.13 bits per heavy atom. The zero-order valence-corrected chi connectivity index (χ0v) is 10.2. The van der Waals surface area contributed by atoms with Crippen LogP contribution in [0.5, 0.6) is 0 Å². The van der Waals surface area contributed by atoms with Gasteiger partial charge in [0, 0.05) is 24.8 Å². The second kappa shape index (κ2) is 6.62. The van der Waals surface area contributed by atoms with Crippen molar-refractivity contribution in [2.75, 3.05) is 6.54 Å². The van der Waals surface area contributed by atoms with Gasteiger partial charge in [-0.3, -0.25) is 4.68 Å². The zero-order valence-electron chi connectivity index (χ0n) is 10.2. The quantitative estimate of drug-likeness (QED) is 0.699. The van der Waals surface area contributed by atoms with Gasteiger partial charge in [0.2, 0.25) is 0 Å². The maximum Gasteiger partial charge on any atom is 0.0638 e. The van der Waals surface area contributed by atoms with Crippen LogP contribution in [0.1, 0.15) is 44.4 Å².